The number of rotatable bonds is 6. The van der Waals surface area contributed by atoms with Gasteiger partial charge in [0.15, 0.2) is 6.10 Å². The highest BCUT2D eigenvalue weighted by Crippen LogP contribution is 2.44. The number of hydrogen-bond donors (Lipinski definition) is 3. The van der Waals surface area contributed by atoms with E-state index in [-0.39, 0.29) is 12.1 Å². The van der Waals surface area contributed by atoms with Crippen LogP contribution in [0.3, 0.4) is 0 Å². The quantitative estimate of drug-likeness (QED) is 0.414. The summed E-state index contributed by atoms with van der Waals surface area (Å²) >= 11 is 0. The van der Waals surface area contributed by atoms with Crippen molar-refractivity contribution in [3.05, 3.63) is 42.5 Å². The van der Waals surface area contributed by atoms with E-state index in [0.29, 0.717) is 0 Å². The van der Waals surface area contributed by atoms with Gasteiger partial charge in [-0.1, -0.05) is 0 Å². The Balaban J connectivity index is 2.59. The Hall–Kier alpha value is -3.08. The summed E-state index contributed by atoms with van der Waals surface area (Å²) in [5.41, 5.74) is -3.85. The molecular weight excluding hydrogens is 400 g/mol. The molecule has 0 amide bonds. The lowest BCUT2D eigenvalue weighted by molar-refractivity contribution is -0.407. The van der Waals surface area contributed by atoms with Crippen molar-refractivity contribution >= 4 is 17.1 Å². The van der Waals surface area contributed by atoms with Gasteiger partial charge in [0.2, 0.25) is 0 Å². The van der Waals surface area contributed by atoms with Crippen LogP contribution in [0.2, 0.25) is 0 Å². The highest BCUT2D eigenvalue weighted by Gasteiger charge is 2.60. The van der Waals surface area contributed by atoms with Crippen LogP contribution in [0.25, 0.3) is 0 Å². The normalized spacial score (nSPS) is 26.5. The lowest BCUT2D eigenvalue weighted by Crippen LogP contribution is -2.64. The van der Waals surface area contributed by atoms with Gasteiger partial charge < -0.3 is 24.8 Å². The summed E-state index contributed by atoms with van der Waals surface area (Å²) in [6.45, 7) is -1.07. The molecule has 1 saturated heterocycles. The van der Waals surface area contributed by atoms with Gasteiger partial charge >= 0.3 is 17.3 Å². The summed E-state index contributed by atoms with van der Waals surface area (Å²) in [5, 5.41) is 61.1. The van der Waals surface area contributed by atoms with Gasteiger partial charge in [0.1, 0.15) is 12.2 Å². The first-order valence-corrected chi connectivity index (χ1v) is 7.20. The van der Waals surface area contributed by atoms with Crippen LogP contribution in [-0.4, -0.2) is 67.2 Å². The van der Waals surface area contributed by atoms with E-state index >= 15 is 0 Å². The molecule has 1 aliphatic heterocycles. The van der Waals surface area contributed by atoms with E-state index in [0.717, 1.165) is 0 Å². The number of hydrogen-bond acceptors (Lipinski definition) is 11. The third kappa shape index (κ3) is 3.65. The predicted octanol–water partition coefficient (Wildman–Crippen LogP) is -0.136. The number of benzene rings is 1. The summed E-state index contributed by atoms with van der Waals surface area (Å²) in [6, 6.07) is 0.496. The number of nitrogens with zero attached hydrogens (tertiary/aromatic N) is 3. The summed E-state index contributed by atoms with van der Waals surface area (Å²) in [6.07, 6.45) is -9.82. The number of aliphatic hydroxyl groups is 3. The van der Waals surface area contributed by atoms with E-state index in [1.165, 1.54) is 0 Å². The van der Waals surface area contributed by atoms with Gasteiger partial charge in [0, 0.05) is 0 Å². The summed E-state index contributed by atoms with van der Waals surface area (Å²) in [5.74, 6) is -5.82. The van der Waals surface area contributed by atoms with Crippen molar-refractivity contribution < 1.29 is 48.3 Å². The molecule has 0 saturated carbocycles. The largest absolute Gasteiger partial charge is 0.445 e. The molecule has 1 heterocycles. The number of nitro benzene ring substituents is 3. The fourth-order valence-electron chi connectivity index (χ4n) is 2.35. The maximum atomic E-state index is 14.2. The molecular formula is C12H11F2N3O11. The van der Waals surface area contributed by atoms with Crippen LogP contribution in [-0.2, 0) is 4.74 Å². The van der Waals surface area contributed by atoms with E-state index < -0.39 is 74.7 Å². The molecule has 28 heavy (non-hydrogen) atoms. The molecule has 3 N–H and O–H groups in total. The van der Waals surface area contributed by atoms with Crippen molar-refractivity contribution in [3.63, 3.8) is 0 Å². The van der Waals surface area contributed by atoms with Gasteiger partial charge in [-0.05, 0) is 0 Å². The van der Waals surface area contributed by atoms with Crippen LogP contribution in [0, 0.1) is 30.3 Å². The van der Waals surface area contributed by atoms with E-state index in [1.807, 2.05) is 0 Å². The zero-order valence-corrected chi connectivity index (χ0v) is 13.4. The second-order valence-electron chi connectivity index (χ2n) is 5.50. The summed E-state index contributed by atoms with van der Waals surface area (Å²) in [4.78, 5) is 29.2. The maximum Gasteiger partial charge on any atom is 0.336 e. The monoisotopic (exact) mass is 411 g/mol. The average Bonchev–Trinajstić information content (AvgIpc) is 2.61. The van der Waals surface area contributed by atoms with Crippen molar-refractivity contribution in [1.29, 1.82) is 0 Å². The average molecular weight is 411 g/mol. The van der Waals surface area contributed by atoms with Crippen LogP contribution in [0.15, 0.2) is 12.1 Å². The molecule has 16 heteroatoms. The van der Waals surface area contributed by atoms with Crippen molar-refractivity contribution in [1.82, 2.24) is 0 Å². The van der Waals surface area contributed by atoms with Gasteiger partial charge in [-0.15, -0.1) is 0 Å². The van der Waals surface area contributed by atoms with Gasteiger partial charge in [-0.2, -0.15) is 8.78 Å². The third-order valence-corrected chi connectivity index (χ3v) is 3.75. The van der Waals surface area contributed by atoms with E-state index in [2.05, 4.69) is 9.47 Å². The highest BCUT2D eigenvalue weighted by molar-refractivity contribution is 5.65. The van der Waals surface area contributed by atoms with Crippen molar-refractivity contribution in [2.24, 2.45) is 0 Å². The first-order chi connectivity index (χ1) is 12.9. The maximum absolute atomic E-state index is 14.2. The Bertz CT molecular complexity index is 785. The number of ether oxygens (including phenoxy) is 2. The highest BCUT2D eigenvalue weighted by atomic mass is 19.3. The zero-order valence-electron chi connectivity index (χ0n) is 13.4. The number of aliphatic hydroxyl groups excluding tert-OH is 3. The number of nitro groups is 3. The van der Waals surface area contributed by atoms with Gasteiger partial charge in [-0.25, -0.2) is 0 Å². The fourth-order valence-corrected chi connectivity index (χ4v) is 2.35. The van der Waals surface area contributed by atoms with E-state index in [9.17, 15) is 49.3 Å². The minimum absolute atomic E-state index is 0.248. The first kappa shape index (κ1) is 21.2. The smallest absolute Gasteiger partial charge is 0.336 e. The molecule has 154 valence electrons. The predicted molar refractivity (Wildman–Crippen MR) is 79.7 cm³/mol. The fraction of sp³-hybridized carbons (Fsp3) is 0.500. The Labute approximate surface area is 152 Å². The van der Waals surface area contributed by atoms with Gasteiger partial charge in [0.25, 0.3) is 17.7 Å². The lowest BCUT2D eigenvalue weighted by Gasteiger charge is -2.41. The molecule has 4 unspecified atom stereocenters. The van der Waals surface area contributed by atoms with Crippen molar-refractivity contribution in [2.75, 3.05) is 6.61 Å². The van der Waals surface area contributed by atoms with E-state index in [1.54, 1.807) is 0 Å². The number of halogens is 2. The van der Waals surface area contributed by atoms with Gasteiger partial charge in [-0.3, -0.25) is 30.3 Å². The minimum Gasteiger partial charge on any atom is -0.445 e. The van der Waals surface area contributed by atoms with Crippen molar-refractivity contribution in [3.8, 4) is 5.75 Å². The Morgan fingerprint density at radius 2 is 1.57 bits per heavy atom. The first-order valence-electron chi connectivity index (χ1n) is 7.20. The second-order valence-corrected chi connectivity index (χ2v) is 5.50. The third-order valence-electron chi connectivity index (χ3n) is 3.75. The van der Waals surface area contributed by atoms with Crippen molar-refractivity contribution in [2.45, 2.75) is 30.5 Å². The zero-order chi connectivity index (χ0) is 21.4. The molecule has 1 fully saturated rings. The molecule has 14 nitrogen and oxygen atoms in total. The van der Waals surface area contributed by atoms with E-state index in [4.69, 9.17) is 5.11 Å². The standard InChI is InChI=1S/C12H11F2N3O11/c13-12(14)10(20)8(19)7(3-18)27-11(12)28-9-5(16(23)24)1-4(15(21)22)2-6(9)17(25)26/h1-2,7-8,10-11,18-20H,3H2. The lowest BCUT2D eigenvalue weighted by atomic mass is 9.98. The number of alkyl halides is 2. The molecule has 1 aromatic rings. The van der Waals surface area contributed by atoms with Crippen LogP contribution in [0.4, 0.5) is 25.8 Å². The Kier molecular flexibility index (Phi) is 5.69. The Morgan fingerprint density at radius 1 is 1.07 bits per heavy atom. The minimum atomic E-state index is -4.42. The summed E-state index contributed by atoms with van der Waals surface area (Å²) in [7, 11) is 0. The summed E-state index contributed by atoms with van der Waals surface area (Å²) < 4.78 is 37.5. The topological polar surface area (TPSA) is 209 Å². The van der Waals surface area contributed by atoms with Crippen LogP contribution < -0.4 is 4.74 Å². The van der Waals surface area contributed by atoms with Gasteiger partial charge in [0.05, 0.1) is 33.5 Å². The molecule has 0 bridgehead atoms. The Morgan fingerprint density at radius 3 is 1.96 bits per heavy atom. The van der Waals surface area contributed by atoms with Crippen LogP contribution in [0.5, 0.6) is 5.75 Å². The number of non-ortho nitro benzene ring substituents is 1. The molecule has 0 aliphatic carbocycles. The van der Waals surface area contributed by atoms with Crippen LogP contribution in [0.1, 0.15) is 0 Å². The molecule has 4 atom stereocenters. The molecule has 2 rings (SSSR count). The SMILES string of the molecule is O=[N+]([O-])c1cc([N+](=O)[O-])c(OC2OC(CO)C(O)C(O)C2(F)F)c([N+](=O)[O-])c1. The molecule has 1 aromatic carbocycles. The van der Waals surface area contributed by atoms with Crippen LogP contribution >= 0.6 is 0 Å². The molecule has 1 aliphatic rings. The molecule has 0 aromatic heterocycles. The second kappa shape index (κ2) is 7.50. The molecule has 0 radical (unpaired) electrons. The molecule has 0 spiro atoms.